The van der Waals surface area contributed by atoms with Crippen LogP contribution in [0, 0.1) is 5.92 Å². The second-order valence-corrected chi connectivity index (χ2v) is 5.89. The van der Waals surface area contributed by atoms with Gasteiger partial charge in [0.05, 0.1) is 0 Å². The largest absolute Gasteiger partial charge is 0.290 e. The molecule has 0 spiro atoms. The first-order valence-corrected chi connectivity index (χ1v) is 9.13. The summed E-state index contributed by atoms with van der Waals surface area (Å²) in [5, 5.41) is 0. The molecule has 0 aliphatic rings. The van der Waals surface area contributed by atoms with Gasteiger partial charge in [-0.3, -0.25) is 4.99 Å². The van der Waals surface area contributed by atoms with Crippen LogP contribution in [0.1, 0.15) is 85.0 Å². The van der Waals surface area contributed by atoms with E-state index in [1.54, 1.807) is 0 Å². The molecule has 0 fully saturated rings. The van der Waals surface area contributed by atoms with E-state index in [2.05, 4.69) is 33.4 Å². The van der Waals surface area contributed by atoms with Crippen molar-refractivity contribution in [2.45, 2.75) is 85.0 Å². The molecule has 0 aromatic carbocycles. The van der Waals surface area contributed by atoms with Gasteiger partial charge in [-0.05, 0) is 25.8 Å². The Kier molecular flexibility index (Phi) is 14.9. The molecule has 0 saturated carbocycles. The lowest BCUT2D eigenvalue weighted by Gasteiger charge is -2.17. The predicted molar refractivity (Wildman–Crippen MR) is 98.3 cm³/mol. The van der Waals surface area contributed by atoms with Crippen molar-refractivity contribution in [3.63, 3.8) is 0 Å². The van der Waals surface area contributed by atoms with E-state index in [9.17, 15) is 0 Å². The zero-order valence-corrected chi connectivity index (χ0v) is 14.7. The van der Waals surface area contributed by atoms with E-state index in [0.717, 1.165) is 6.54 Å². The number of aliphatic imine (C=N–C) groups is 1. The van der Waals surface area contributed by atoms with E-state index in [1.165, 1.54) is 69.9 Å². The SMILES string of the molecule is C=C/C=C\C(=N/CC)C(CCCCCC)CCCCCC. The van der Waals surface area contributed by atoms with Crippen molar-refractivity contribution in [1.82, 2.24) is 0 Å². The zero-order valence-electron chi connectivity index (χ0n) is 14.7. The number of unbranched alkanes of at least 4 members (excludes halogenated alkanes) is 6. The summed E-state index contributed by atoms with van der Waals surface area (Å²) >= 11 is 0. The van der Waals surface area contributed by atoms with Crippen molar-refractivity contribution >= 4 is 5.71 Å². The monoisotopic (exact) mass is 291 g/mol. The Hall–Kier alpha value is -0.850. The average Bonchev–Trinajstić information content (AvgIpc) is 2.50. The quantitative estimate of drug-likeness (QED) is 0.191. The summed E-state index contributed by atoms with van der Waals surface area (Å²) in [5.41, 5.74) is 1.30. The number of rotatable bonds is 14. The Morgan fingerprint density at radius 1 is 0.905 bits per heavy atom. The topological polar surface area (TPSA) is 12.4 Å². The Morgan fingerprint density at radius 3 is 1.90 bits per heavy atom. The van der Waals surface area contributed by atoms with Crippen LogP contribution in [0.15, 0.2) is 29.8 Å². The van der Waals surface area contributed by atoms with Crippen LogP contribution in [0.5, 0.6) is 0 Å². The van der Waals surface area contributed by atoms with E-state index < -0.39 is 0 Å². The molecule has 0 bridgehead atoms. The third kappa shape index (κ3) is 11.5. The Morgan fingerprint density at radius 2 is 1.48 bits per heavy atom. The van der Waals surface area contributed by atoms with Gasteiger partial charge in [0.15, 0.2) is 0 Å². The van der Waals surface area contributed by atoms with Crippen LogP contribution in [0.2, 0.25) is 0 Å². The molecule has 0 unspecified atom stereocenters. The fourth-order valence-electron chi connectivity index (χ4n) is 2.74. The third-order valence-electron chi connectivity index (χ3n) is 3.97. The average molecular weight is 292 g/mol. The summed E-state index contributed by atoms with van der Waals surface area (Å²) in [7, 11) is 0. The van der Waals surface area contributed by atoms with E-state index in [-0.39, 0.29) is 0 Å². The molecule has 0 aromatic heterocycles. The predicted octanol–water partition coefficient (Wildman–Crippen LogP) is 6.75. The summed E-state index contributed by atoms with van der Waals surface area (Å²) < 4.78 is 0. The van der Waals surface area contributed by atoms with Gasteiger partial charge in [-0.25, -0.2) is 0 Å². The number of hydrogen-bond acceptors (Lipinski definition) is 1. The molecule has 0 saturated heterocycles. The fourth-order valence-corrected chi connectivity index (χ4v) is 2.74. The van der Waals surface area contributed by atoms with E-state index in [1.807, 2.05) is 12.2 Å². The van der Waals surface area contributed by atoms with Crippen LogP contribution >= 0.6 is 0 Å². The highest BCUT2D eigenvalue weighted by molar-refractivity contribution is 5.97. The molecule has 0 aliphatic heterocycles. The number of nitrogens with zero attached hydrogens (tertiary/aromatic N) is 1. The van der Waals surface area contributed by atoms with Gasteiger partial charge in [0.2, 0.25) is 0 Å². The van der Waals surface area contributed by atoms with Gasteiger partial charge in [-0.15, -0.1) is 0 Å². The van der Waals surface area contributed by atoms with Gasteiger partial charge >= 0.3 is 0 Å². The molecule has 21 heavy (non-hydrogen) atoms. The molecule has 1 nitrogen and oxygen atoms in total. The fraction of sp³-hybridized carbons (Fsp3) is 0.750. The van der Waals surface area contributed by atoms with Gasteiger partial charge in [0, 0.05) is 18.2 Å². The first kappa shape index (κ1) is 20.1. The van der Waals surface area contributed by atoms with E-state index in [0.29, 0.717) is 5.92 Å². The third-order valence-corrected chi connectivity index (χ3v) is 3.97. The van der Waals surface area contributed by atoms with Crippen LogP contribution < -0.4 is 0 Å². The van der Waals surface area contributed by atoms with Crippen LogP contribution in [-0.2, 0) is 0 Å². The van der Waals surface area contributed by atoms with Crippen molar-refractivity contribution in [1.29, 1.82) is 0 Å². The van der Waals surface area contributed by atoms with Crippen LogP contribution in [0.4, 0.5) is 0 Å². The van der Waals surface area contributed by atoms with Gasteiger partial charge in [0.25, 0.3) is 0 Å². The highest BCUT2D eigenvalue weighted by Gasteiger charge is 2.13. The maximum absolute atomic E-state index is 4.74. The molecule has 0 amide bonds. The molecule has 122 valence electrons. The van der Waals surface area contributed by atoms with Gasteiger partial charge in [0.1, 0.15) is 0 Å². The standard InChI is InChI=1S/C20H37N/c1-5-9-12-14-16-19(17-15-13-10-6-2)20(21-8-4)18-11-7-3/h7,11,18-19H,3,5-6,8-10,12-17H2,1-2,4H3/b18-11-,21-20+. The smallest absolute Gasteiger partial charge is 0.0379 e. The van der Waals surface area contributed by atoms with Crippen LogP contribution in [-0.4, -0.2) is 12.3 Å². The van der Waals surface area contributed by atoms with Crippen molar-refractivity contribution in [3.8, 4) is 0 Å². The molecule has 0 aliphatic carbocycles. The molecule has 0 N–H and O–H groups in total. The number of allylic oxidation sites excluding steroid dienone is 3. The molecule has 0 atom stereocenters. The molecule has 1 heteroatoms. The van der Waals surface area contributed by atoms with Gasteiger partial charge in [-0.1, -0.05) is 83.9 Å². The summed E-state index contributed by atoms with van der Waals surface area (Å²) in [6.07, 6.45) is 19.5. The minimum Gasteiger partial charge on any atom is -0.290 e. The highest BCUT2D eigenvalue weighted by Crippen LogP contribution is 2.21. The molecule has 0 aromatic rings. The summed E-state index contributed by atoms with van der Waals surface area (Å²) in [6.45, 7) is 11.4. The molecular formula is C20H37N. The molecule has 0 heterocycles. The minimum absolute atomic E-state index is 0.648. The normalized spacial score (nSPS) is 12.5. The maximum Gasteiger partial charge on any atom is 0.0379 e. The van der Waals surface area contributed by atoms with Crippen molar-refractivity contribution in [2.24, 2.45) is 10.9 Å². The van der Waals surface area contributed by atoms with Crippen molar-refractivity contribution in [3.05, 3.63) is 24.8 Å². The number of hydrogen-bond donors (Lipinski definition) is 0. The van der Waals surface area contributed by atoms with Crippen LogP contribution in [0.25, 0.3) is 0 Å². The van der Waals surface area contributed by atoms with Gasteiger partial charge in [-0.2, -0.15) is 0 Å². The zero-order chi connectivity index (χ0) is 15.8. The lowest BCUT2D eigenvalue weighted by molar-refractivity contribution is 0.494. The van der Waals surface area contributed by atoms with E-state index >= 15 is 0 Å². The second kappa shape index (κ2) is 15.5. The minimum atomic E-state index is 0.648. The summed E-state index contributed by atoms with van der Waals surface area (Å²) in [6, 6.07) is 0. The lowest BCUT2D eigenvalue weighted by atomic mass is 9.90. The summed E-state index contributed by atoms with van der Waals surface area (Å²) in [4.78, 5) is 4.74. The molecule has 0 rings (SSSR count). The summed E-state index contributed by atoms with van der Waals surface area (Å²) in [5.74, 6) is 0.648. The highest BCUT2D eigenvalue weighted by atomic mass is 14.7. The van der Waals surface area contributed by atoms with Crippen molar-refractivity contribution < 1.29 is 0 Å². The molecular weight excluding hydrogens is 254 g/mol. The first-order valence-electron chi connectivity index (χ1n) is 9.13. The molecule has 0 radical (unpaired) electrons. The lowest BCUT2D eigenvalue weighted by Crippen LogP contribution is -2.13. The van der Waals surface area contributed by atoms with E-state index in [4.69, 9.17) is 4.99 Å². The Bertz CT molecular complexity index is 276. The second-order valence-electron chi connectivity index (χ2n) is 5.89. The van der Waals surface area contributed by atoms with Crippen molar-refractivity contribution in [2.75, 3.05) is 6.54 Å². The maximum atomic E-state index is 4.74. The Labute approximate surface area is 133 Å². The Balaban J connectivity index is 4.52. The van der Waals surface area contributed by atoms with Crippen LogP contribution in [0.3, 0.4) is 0 Å². The van der Waals surface area contributed by atoms with Gasteiger partial charge < -0.3 is 0 Å². The first-order chi connectivity index (χ1) is 10.3.